The molecule has 0 aliphatic carbocycles. The van der Waals surface area contributed by atoms with E-state index in [4.69, 9.17) is 10.5 Å². The molecule has 0 saturated heterocycles. The van der Waals surface area contributed by atoms with Crippen LogP contribution in [0.5, 0.6) is 11.5 Å². The first-order valence-corrected chi connectivity index (χ1v) is 6.87. The van der Waals surface area contributed by atoms with Gasteiger partial charge in [0.2, 0.25) is 0 Å². The zero-order valence-electron chi connectivity index (χ0n) is 12.2. The van der Waals surface area contributed by atoms with Crippen molar-refractivity contribution in [1.82, 2.24) is 10.2 Å². The van der Waals surface area contributed by atoms with E-state index in [9.17, 15) is 4.79 Å². The molecule has 1 aliphatic heterocycles. The van der Waals surface area contributed by atoms with Crippen LogP contribution < -0.4 is 20.9 Å². The van der Waals surface area contributed by atoms with E-state index in [1.165, 1.54) is 0 Å². The summed E-state index contributed by atoms with van der Waals surface area (Å²) in [4.78, 5) is 13.9. The minimum atomic E-state index is -0.231. The highest BCUT2D eigenvalue weighted by Gasteiger charge is 2.24. The van der Waals surface area contributed by atoms with Crippen LogP contribution in [0.2, 0.25) is 0 Å². The van der Waals surface area contributed by atoms with Crippen LogP contribution in [0.1, 0.15) is 0 Å². The summed E-state index contributed by atoms with van der Waals surface area (Å²) >= 11 is 0. The Morgan fingerprint density at radius 2 is 2.05 bits per heavy atom. The number of hydrogen-bond donors (Lipinski definition) is 2. The van der Waals surface area contributed by atoms with Gasteiger partial charge < -0.3 is 15.4 Å². The fourth-order valence-electron chi connectivity index (χ4n) is 2.83. The Hall–Kier alpha value is -3.02. The molecular formula is C16H14N4O2. The summed E-state index contributed by atoms with van der Waals surface area (Å²) < 4.78 is 5.98. The first-order chi connectivity index (χ1) is 10.6. The standard InChI is InChI=1S/C16H14N4O2/c1-20(2)11-7-13-9(6-10(11)17)15-14-8(16(21)19-18-15)4-3-5-12(14)22-13/h3-7H,17H2,1-2H3,(H,19,21). The van der Waals surface area contributed by atoms with Crippen LogP contribution in [0, 0.1) is 0 Å². The second kappa shape index (κ2) is 4.24. The molecule has 2 heterocycles. The maximum absolute atomic E-state index is 11.9. The maximum Gasteiger partial charge on any atom is 0.272 e. The minimum Gasteiger partial charge on any atom is -0.456 e. The molecule has 0 spiro atoms. The molecule has 2 aromatic carbocycles. The summed E-state index contributed by atoms with van der Waals surface area (Å²) in [7, 11) is 3.84. The third-order valence-electron chi connectivity index (χ3n) is 3.86. The fourth-order valence-corrected chi connectivity index (χ4v) is 2.83. The summed E-state index contributed by atoms with van der Waals surface area (Å²) in [6.07, 6.45) is 0. The maximum atomic E-state index is 11.9. The van der Waals surface area contributed by atoms with Crippen LogP contribution in [-0.2, 0) is 0 Å². The lowest BCUT2D eigenvalue weighted by Gasteiger charge is -2.23. The van der Waals surface area contributed by atoms with Crippen molar-refractivity contribution in [3.8, 4) is 22.8 Å². The van der Waals surface area contributed by atoms with Crippen LogP contribution in [0.25, 0.3) is 22.0 Å². The van der Waals surface area contributed by atoms with Gasteiger partial charge >= 0.3 is 0 Å². The van der Waals surface area contributed by atoms with E-state index in [1.54, 1.807) is 12.1 Å². The largest absolute Gasteiger partial charge is 0.456 e. The summed E-state index contributed by atoms with van der Waals surface area (Å²) in [5.41, 5.74) is 8.87. The Balaban J connectivity index is 2.10. The normalized spacial score (nSPS) is 11.9. The van der Waals surface area contributed by atoms with E-state index in [1.807, 2.05) is 37.2 Å². The van der Waals surface area contributed by atoms with Gasteiger partial charge in [-0.15, -0.1) is 0 Å². The highest BCUT2D eigenvalue weighted by molar-refractivity contribution is 6.02. The number of hydrogen-bond acceptors (Lipinski definition) is 5. The van der Waals surface area contributed by atoms with Gasteiger partial charge in [-0.25, -0.2) is 5.10 Å². The zero-order valence-corrected chi connectivity index (χ0v) is 12.2. The molecular weight excluding hydrogens is 280 g/mol. The van der Waals surface area contributed by atoms with E-state index in [0.29, 0.717) is 28.3 Å². The van der Waals surface area contributed by atoms with E-state index >= 15 is 0 Å². The van der Waals surface area contributed by atoms with E-state index in [0.717, 1.165) is 16.6 Å². The molecule has 0 radical (unpaired) electrons. The number of aromatic amines is 1. The Bertz CT molecular complexity index is 976. The van der Waals surface area contributed by atoms with E-state index in [-0.39, 0.29) is 5.56 Å². The second-order valence-electron chi connectivity index (χ2n) is 5.48. The lowest BCUT2D eigenvalue weighted by Crippen LogP contribution is -2.14. The molecule has 0 amide bonds. The average Bonchev–Trinajstić information content (AvgIpc) is 2.50. The van der Waals surface area contributed by atoms with Crippen molar-refractivity contribution in [3.05, 3.63) is 40.7 Å². The molecule has 3 N–H and O–H groups in total. The summed E-state index contributed by atoms with van der Waals surface area (Å²) in [5, 5.41) is 8.02. The molecule has 0 saturated carbocycles. The van der Waals surface area contributed by atoms with Crippen molar-refractivity contribution in [2.75, 3.05) is 24.7 Å². The van der Waals surface area contributed by atoms with E-state index in [2.05, 4.69) is 10.2 Å². The Morgan fingerprint density at radius 3 is 2.82 bits per heavy atom. The van der Waals surface area contributed by atoms with Gasteiger partial charge in [0.25, 0.3) is 5.56 Å². The molecule has 3 aromatic rings. The number of nitrogen functional groups attached to an aromatic ring is 1. The monoisotopic (exact) mass is 294 g/mol. The lowest BCUT2D eigenvalue weighted by molar-refractivity contribution is 0.486. The number of H-pyrrole nitrogens is 1. The highest BCUT2D eigenvalue weighted by Crippen LogP contribution is 2.46. The quantitative estimate of drug-likeness (QED) is 0.526. The number of ether oxygens (including phenoxy) is 1. The van der Waals surface area contributed by atoms with Crippen molar-refractivity contribution >= 4 is 22.1 Å². The Kier molecular flexibility index (Phi) is 2.45. The van der Waals surface area contributed by atoms with Crippen LogP contribution in [0.15, 0.2) is 35.1 Å². The van der Waals surface area contributed by atoms with E-state index < -0.39 is 0 Å². The van der Waals surface area contributed by atoms with Gasteiger partial charge in [-0.3, -0.25) is 4.79 Å². The Morgan fingerprint density at radius 1 is 1.23 bits per heavy atom. The van der Waals surface area contributed by atoms with Crippen molar-refractivity contribution in [3.63, 3.8) is 0 Å². The van der Waals surface area contributed by atoms with Crippen LogP contribution in [0.4, 0.5) is 11.4 Å². The van der Waals surface area contributed by atoms with Gasteiger partial charge in [0.05, 0.1) is 22.1 Å². The third-order valence-corrected chi connectivity index (χ3v) is 3.86. The van der Waals surface area contributed by atoms with Crippen LogP contribution in [0.3, 0.4) is 0 Å². The predicted molar refractivity (Wildman–Crippen MR) is 86.6 cm³/mol. The molecule has 4 rings (SSSR count). The number of fused-ring (bicyclic) bond motifs is 2. The molecule has 1 aromatic heterocycles. The van der Waals surface area contributed by atoms with Gasteiger partial charge in [-0.2, -0.15) is 5.10 Å². The first kappa shape index (κ1) is 12.7. The molecule has 6 nitrogen and oxygen atoms in total. The van der Waals surface area contributed by atoms with Crippen molar-refractivity contribution in [2.45, 2.75) is 0 Å². The number of anilines is 2. The predicted octanol–water partition coefficient (Wildman–Crippen LogP) is 2.34. The van der Waals surface area contributed by atoms with Gasteiger partial charge in [0, 0.05) is 25.7 Å². The molecule has 0 bridgehead atoms. The molecule has 0 atom stereocenters. The lowest BCUT2D eigenvalue weighted by atomic mass is 9.99. The number of aromatic nitrogens is 2. The Labute approximate surface area is 126 Å². The SMILES string of the molecule is CN(C)c1cc2c(cc1N)-c1n[nH]c(=O)c3cccc(c13)O2. The minimum absolute atomic E-state index is 0.231. The number of nitrogens with two attached hydrogens (primary N) is 1. The highest BCUT2D eigenvalue weighted by atomic mass is 16.5. The van der Waals surface area contributed by atoms with Gasteiger partial charge in [-0.1, -0.05) is 6.07 Å². The smallest absolute Gasteiger partial charge is 0.272 e. The first-order valence-electron chi connectivity index (χ1n) is 6.87. The average molecular weight is 294 g/mol. The number of rotatable bonds is 1. The number of benzene rings is 2. The molecule has 110 valence electrons. The summed E-state index contributed by atoms with van der Waals surface area (Å²) in [5.74, 6) is 1.31. The second-order valence-corrected chi connectivity index (χ2v) is 5.48. The molecule has 0 unspecified atom stereocenters. The topological polar surface area (TPSA) is 84.2 Å². The van der Waals surface area contributed by atoms with Gasteiger partial charge in [-0.05, 0) is 18.2 Å². The molecule has 1 aliphatic rings. The fraction of sp³-hybridized carbons (Fsp3) is 0.125. The van der Waals surface area contributed by atoms with Crippen molar-refractivity contribution in [1.29, 1.82) is 0 Å². The molecule has 22 heavy (non-hydrogen) atoms. The summed E-state index contributed by atoms with van der Waals surface area (Å²) in [6, 6.07) is 9.11. The number of nitrogens with one attached hydrogen (secondary N) is 1. The zero-order chi connectivity index (χ0) is 15.4. The van der Waals surface area contributed by atoms with Crippen molar-refractivity contribution in [2.24, 2.45) is 0 Å². The number of nitrogens with zero attached hydrogens (tertiary/aromatic N) is 2. The third kappa shape index (κ3) is 1.60. The van der Waals surface area contributed by atoms with Crippen molar-refractivity contribution < 1.29 is 4.74 Å². The van der Waals surface area contributed by atoms with Crippen LogP contribution >= 0.6 is 0 Å². The summed E-state index contributed by atoms with van der Waals surface area (Å²) in [6.45, 7) is 0. The van der Waals surface area contributed by atoms with Crippen LogP contribution in [-0.4, -0.2) is 24.3 Å². The van der Waals surface area contributed by atoms with Gasteiger partial charge in [0.15, 0.2) is 0 Å². The molecule has 0 fully saturated rings. The van der Waals surface area contributed by atoms with Gasteiger partial charge in [0.1, 0.15) is 17.2 Å². The molecule has 6 heteroatoms.